The molecule has 0 saturated carbocycles. The molecule has 8 heteroatoms. The van der Waals surface area contributed by atoms with Gasteiger partial charge >= 0.3 is 0 Å². The Morgan fingerprint density at radius 3 is 2.70 bits per heavy atom. The van der Waals surface area contributed by atoms with E-state index in [4.69, 9.17) is 0 Å². The molecule has 1 aromatic carbocycles. The van der Waals surface area contributed by atoms with E-state index in [9.17, 15) is 19.2 Å². The highest BCUT2D eigenvalue weighted by atomic mass is 16.2. The first-order valence-electron chi connectivity index (χ1n) is 10.5. The highest BCUT2D eigenvalue weighted by Gasteiger charge is 2.45. The Labute approximate surface area is 175 Å². The highest BCUT2D eigenvalue weighted by molar-refractivity contribution is 6.24. The topological polar surface area (TPSA) is 108 Å². The van der Waals surface area contributed by atoms with E-state index in [1.807, 2.05) is 6.07 Å². The monoisotopic (exact) mass is 412 g/mol. The third kappa shape index (κ3) is 3.65. The number of carbonyl (C=O) groups is 4. The van der Waals surface area contributed by atoms with Gasteiger partial charge in [0.15, 0.2) is 0 Å². The molecular formula is C22H28N4O4. The Hall–Kier alpha value is -2.58. The van der Waals surface area contributed by atoms with E-state index in [2.05, 4.69) is 29.8 Å². The zero-order valence-electron chi connectivity index (χ0n) is 17.4. The number of amides is 4. The number of nitrogens with zero attached hydrogens (tertiary/aromatic N) is 1. The van der Waals surface area contributed by atoms with Gasteiger partial charge in [0.25, 0.3) is 11.8 Å². The van der Waals surface area contributed by atoms with Crippen LogP contribution in [0.4, 0.5) is 0 Å². The van der Waals surface area contributed by atoms with Crippen LogP contribution in [0.5, 0.6) is 0 Å². The lowest BCUT2D eigenvalue weighted by molar-refractivity contribution is -0.136. The number of imide groups is 2. The van der Waals surface area contributed by atoms with Crippen LogP contribution in [0.25, 0.3) is 0 Å². The molecule has 2 unspecified atom stereocenters. The first kappa shape index (κ1) is 20.7. The molecule has 0 aliphatic carbocycles. The molecule has 3 N–H and O–H groups in total. The van der Waals surface area contributed by atoms with E-state index in [1.165, 1.54) is 0 Å². The first-order valence-corrected chi connectivity index (χ1v) is 10.5. The van der Waals surface area contributed by atoms with Gasteiger partial charge in [0, 0.05) is 13.0 Å². The SMILES string of the molecule is CC1(C)CCNCC1CNCc1cccc2c1C(=O)N(C1CCC(=O)NC1=O)C2=O. The minimum atomic E-state index is -0.940. The Morgan fingerprint density at radius 2 is 1.97 bits per heavy atom. The minimum Gasteiger partial charge on any atom is -0.316 e. The van der Waals surface area contributed by atoms with Gasteiger partial charge in [-0.3, -0.25) is 29.4 Å². The van der Waals surface area contributed by atoms with Crippen LogP contribution < -0.4 is 16.0 Å². The second-order valence-electron chi connectivity index (χ2n) is 9.06. The molecule has 2 fully saturated rings. The van der Waals surface area contributed by atoms with Gasteiger partial charge in [-0.1, -0.05) is 26.0 Å². The second kappa shape index (κ2) is 7.92. The molecular weight excluding hydrogens is 384 g/mol. The third-order valence-corrected chi connectivity index (χ3v) is 6.70. The van der Waals surface area contributed by atoms with Gasteiger partial charge in [0.1, 0.15) is 6.04 Å². The summed E-state index contributed by atoms with van der Waals surface area (Å²) in [5, 5.41) is 9.12. The maximum atomic E-state index is 13.1. The number of benzene rings is 1. The molecule has 0 aromatic heterocycles. The van der Waals surface area contributed by atoms with Crippen molar-refractivity contribution in [1.29, 1.82) is 0 Å². The second-order valence-corrected chi connectivity index (χ2v) is 9.06. The summed E-state index contributed by atoms with van der Waals surface area (Å²) < 4.78 is 0. The highest BCUT2D eigenvalue weighted by Crippen LogP contribution is 2.33. The summed E-state index contributed by atoms with van der Waals surface area (Å²) in [6, 6.07) is 4.29. The molecule has 2 atom stereocenters. The first-order chi connectivity index (χ1) is 14.3. The molecule has 0 bridgehead atoms. The van der Waals surface area contributed by atoms with Crippen LogP contribution in [-0.2, 0) is 16.1 Å². The van der Waals surface area contributed by atoms with Gasteiger partial charge in [-0.15, -0.1) is 0 Å². The van der Waals surface area contributed by atoms with Crippen LogP contribution in [0.1, 0.15) is 59.4 Å². The lowest BCUT2D eigenvalue weighted by Crippen LogP contribution is -2.54. The van der Waals surface area contributed by atoms with Crippen LogP contribution in [0, 0.1) is 11.3 Å². The summed E-state index contributed by atoms with van der Waals surface area (Å²) in [7, 11) is 0. The average Bonchev–Trinajstić information content (AvgIpc) is 2.95. The van der Waals surface area contributed by atoms with Crippen molar-refractivity contribution < 1.29 is 19.2 Å². The Bertz CT molecular complexity index is 910. The van der Waals surface area contributed by atoms with Crippen LogP contribution in [0.2, 0.25) is 0 Å². The maximum Gasteiger partial charge on any atom is 0.262 e. The summed E-state index contributed by atoms with van der Waals surface area (Å²) in [5.41, 5.74) is 1.68. The van der Waals surface area contributed by atoms with E-state index in [0.29, 0.717) is 23.6 Å². The molecule has 1 aromatic rings. The summed E-state index contributed by atoms with van der Waals surface area (Å²) in [6.07, 6.45) is 1.39. The number of hydrogen-bond acceptors (Lipinski definition) is 6. The van der Waals surface area contributed by atoms with Gasteiger partial charge < -0.3 is 10.6 Å². The molecule has 30 heavy (non-hydrogen) atoms. The summed E-state index contributed by atoms with van der Waals surface area (Å²) in [5.74, 6) is -1.42. The van der Waals surface area contributed by atoms with Crippen molar-refractivity contribution in [2.75, 3.05) is 19.6 Å². The fourth-order valence-electron chi connectivity index (χ4n) is 4.63. The van der Waals surface area contributed by atoms with Gasteiger partial charge in [0.2, 0.25) is 11.8 Å². The quantitative estimate of drug-likeness (QED) is 0.618. The maximum absolute atomic E-state index is 13.1. The lowest BCUT2D eigenvalue weighted by atomic mass is 9.74. The molecule has 0 spiro atoms. The van der Waals surface area contributed by atoms with E-state index in [0.717, 1.165) is 36.5 Å². The van der Waals surface area contributed by atoms with E-state index < -0.39 is 23.8 Å². The Kier molecular flexibility index (Phi) is 5.46. The van der Waals surface area contributed by atoms with Gasteiger partial charge in [0.05, 0.1) is 11.1 Å². The van der Waals surface area contributed by atoms with Crippen LogP contribution in [0.3, 0.4) is 0 Å². The molecule has 4 amide bonds. The van der Waals surface area contributed by atoms with Gasteiger partial charge in [-0.2, -0.15) is 0 Å². The van der Waals surface area contributed by atoms with Crippen molar-refractivity contribution in [1.82, 2.24) is 20.9 Å². The molecule has 160 valence electrons. The standard InChI is InChI=1S/C22H28N4O4/c1-22(2)8-9-23-11-14(22)12-24-10-13-4-3-5-15-18(13)21(30)26(20(15)29)16-6-7-17(27)25-19(16)28/h3-5,14,16,23-24H,6-12H2,1-2H3,(H,25,27,28). The number of nitrogens with one attached hydrogen (secondary N) is 3. The van der Waals surface area contributed by atoms with Crippen molar-refractivity contribution in [3.63, 3.8) is 0 Å². The number of piperidine rings is 2. The van der Waals surface area contributed by atoms with Crippen molar-refractivity contribution in [3.05, 3.63) is 34.9 Å². The normalized spacial score (nSPS) is 26.0. The van der Waals surface area contributed by atoms with E-state index in [1.54, 1.807) is 12.1 Å². The predicted molar refractivity (Wildman–Crippen MR) is 110 cm³/mol. The Morgan fingerprint density at radius 1 is 1.17 bits per heavy atom. The number of rotatable bonds is 5. The molecule has 3 aliphatic heterocycles. The van der Waals surface area contributed by atoms with Crippen molar-refractivity contribution in [2.24, 2.45) is 11.3 Å². The molecule has 4 rings (SSSR count). The number of fused-ring (bicyclic) bond motifs is 1. The van der Waals surface area contributed by atoms with Gasteiger partial charge in [-0.25, -0.2) is 0 Å². The van der Waals surface area contributed by atoms with Crippen molar-refractivity contribution >= 4 is 23.6 Å². The fourth-order valence-corrected chi connectivity index (χ4v) is 4.63. The summed E-state index contributed by atoms with van der Waals surface area (Å²) >= 11 is 0. The molecule has 8 nitrogen and oxygen atoms in total. The Balaban J connectivity index is 1.49. The zero-order valence-corrected chi connectivity index (χ0v) is 17.4. The van der Waals surface area contributed by atoms with Crippen LogP contribution in [0.15, 0.2) is 18.2 Å². The molecule has 0 radical (unpaired) electrons. The third-order valence-electron chi connectivity index (χ3n) is 6.70. The minimum absolute atomic E-state index is 0.115. The zero-order chi connectivity index (χ0) is 21.5. The van der Waals surface area contributed by atoms with Crippen molar-refractivity contribution in [2.45, 2.75) is 45.7 Å². The van der Waals surface area contributed by atoms with Crippen molar-refractivity contribution in [3.8, 4) is 0 Å². The average molecular weight is 412 g/mol. The van der Waals surface area contributed by atoms with Crippen LogP contribution >= 0.6 is 0 Å². The molecule has 2 saturated heterocycles. The van der Waals surface area contributed by atoms with Crippen LogP contribution in [-0.4, -0.2) is 54.2 Å². The van der Waals surface area contributed by atoms with E-state index in [-0.39, 0.29) is 24.2 Å². The van der Waals surface area contributed by atoms with E-state index >= 15 is 0 Å². The molecule has 3 aliphatic rings. The smallest absolute Gasteiger partial charge is 0.262 e. The summed E-state index contributed by atoms with van der Waals surface area (Å²) in [4.78, 5) is 50.7. The lowest BCUT2D eigenvalue weighted by Gasteiger charge is -2.39. The largest absolute Gasteiger partial charge is 0.316 e. The number of carbonyl (C=O) groups excluding carboxylic acids is 4. The summed E-state index contributed by atoms with van der Waals surface area (Å²) in [6.45, 7) is 7.82. The number of hydrogen-bond donors (Lipinski definition) is 3. The fraction of sp³-hybridized carbons (Fsp3) is 0.545. The predicted octanol–water partition coefficient (Wildman–Crippen LogP) is 0.813. The molecule has 3 heterocycles. The van der Waals surface area contributed by atoms with Gasteiger partial charge in [-0.05, 0) is 55.4 Å².